The normalized spacial score (nSPS) is 25.4. The number of hydrogen-bond acceptors (Lipinski definition) is 9. The fourth-order valence-electron chi connectivity index (χ4n) is 9.63. The highest BCUT2D eigenvalue weighted by molar-refractivity contribution is 6.03. The number of ether oxygens (including phenoxy) is 3. The van der Waals surface area contributed by atoms with Gasteiger partial charge in [0, 0.05) is 50.1 Å². The first-order valence-corrected chi connectivity index (χ1v) is 20.7. The maximum atomic E-state index is 14.8. The molecule has 11 nitrogen and oxygen atoms in total. The number of carbonyl (C=O) groups excluding carboxylic acids is 2. The zero-order valence-corrected chi connectivity index (χ0v) is 33.2. The van der Waals surface area contributed by atoms with Crippen LogP contribution in [0.1, 0.15) is 81.8 Å². The second-order valence-corrected chi connectivity index (χ2v) is 15.8. The van der Waals surface area contributed by atoms with E-state index in [9.17, 15) is 19.8 Å². The highest BCUT2D eigenvalue weighted by Crippen LogP contribution is 2.62. The predicted molar refractivity (Wildman–Crippen MR) is 219 cm³/mol. The lowest BCUT2D eigenvalue weighted by Crippen LogP contribution is -2.70. The summed E-state index contributed by atoms with van der Waals surface area (Å²) >= 11 is 0. The van der Waals surface area contributed by atoms with E-state index in [1.807, 2.05) is 42.2 Å². The molecule has 0 radical (unpaired) electrons. The number of allylic oxidation sites excluding steroid dienone is 1. The summed E-state index contributed by atoms with van der Waals surface area (Å²) in [5.41, 5.74) is 3.61. The molecule has 2 saturated carbocycles. The van der Waals surface area contributed by atoms with Crippen LogP contribution in [0.3, 0.4) is 0 Å². The van der Waals surface area contributed by atoms with Gasteiger partial charge in [-0.3, -0.25) is 4.79 Å². The third-order valence-electron chi connectivity index (χ3n) is 12.2. The third-order valence-corrected chi connectivity index (χ3v) is 12.2. The first kappa shape index (κ1) is 40.5. The van der Waals surface area contributed by atoms with Crippen LogP contribution in [0.2, 0.25) is 0 Å². The van der Waals surface area contributed by atoms with Crippen LogP contribution >= 0.6 is 0 Å². The molecule has 4 aliphatic rings. The van der Waals surface area contributed by atoms with E-state index < -0.39 is 23.8 Å². The van der Waals surface area contributed by atoms with E-state index in [1.54, 1.807) is 19.3 Å². The minimum Gasteiger partial charge on any atom is -0.459 e. The molecule has 7 rings (SSSR count). The number of hydrogen-bond donors (Lipinski definition) is 3. The van der Waals surface area contributed by atoms with Crippen molar-refractivity contribution in [2.45, 2.75) is 89.0 Å². The molecule has 11 heteroatoms. The van der Waals surface area contributed by atoms with Gasteiger partial charge in [0.15, 0.2) is 0 Å². The molecular weight excluding hydrogens is 723 g/mol. The van der Waals surface area contributed by atoms with Crippen molar-refractivity contribution in [3.05, 3.63) is 96.1 Å². The number of fused-ring (bicyclic) bond motifs is 3. The molecule has 304 valence electrons. The Bertz CT molecular complexity index is 1970. The SMILES string of the molecule is C=CCO[C@@]12Oc3ccc(OC(=O)NCC)cc3[C@H]3[C@H](CCCCO)[C@@H](CCCCO)C=C(C(=NOC)C[C@@H]1N(Cc1cccc4ccccc14)C(=O)C1CC1)[C@H]32. The van der Waals surface area contributed by atoms with E-state index in [-0.39, 0.29) is 49.4 Å². The monoisotopic (exact) mass is 779 g/mol. The molecule has 1 aliphatic heterocycles. The van der Waals surface area contributed by atoms with Crippen LogP contribution in [0.4, 0.5) is 4.79 Å². The highest BCUT2D eigenvalue weighted by atomic mass is 16.7. The number of rotatable bonds is 18. The summed E-state index contributed by atoms with van der Waals surface area (Å²) < 4.78 is 20.2. The molecule has 0 aromatic heterocycles. The second kappa shape index (κ2) is 18.3. The van der Waals surface area contributed by atoms with Crippen molar-refractivity contribution in [2.24, 2.45) is 28.8 Å². The molecule has 6 atom stereocenters. The molecule has 3 aliphatic carbocycles. The summed E-state index contributed by atoms with van der Waals surface area (Å²) in [6.45, 7) is 7.02. The lowest BCUT2D eigenvalue weighted by atomic mass is 9.55. The van der Waals surface area contributed by atoms with Gasteiger partial charge < -0.3 is 39.5 Å². The van der Waals surface area contributed by atoms with E-state index in [1.165, 1.54) is 0 Å². The van der Waals surface area contributed by atoms with Crippen molar-refractivity contribution in [3.8, 4) is 11.5 Å². The third kappa shape index (κ3) is 8.33. The fourth-order valence-corrected chi connectivity index (χ4v) is 9.63. The number of oxime groups is 1. The summed E-state index contributed by atoms with van der Waals surface area (Å²) in [5, 5.41) is 29.3. The van der Waals surface area contributed by atoms with Crippen molar-refractivity contribution in [3.63, 3.8) is 0 Å². The van der Waals surface area contributed by atoms with Crippen molar-refractivity contribution >= 4 is 28.5 Å². The Morgan fingerprint density at radius 2 is 1.81 bits per heavy atom. The van der Waals surface area contributed by atoms with Crippen LogP contribution in [0.25, 0.3) is 10.8 Å². The maximum Gasteiger partial charge on any atom is 0.412 e. The molecule has 1 heterocycles. The Morgan fingerprint density at radius 3 is 2.54 bits per heavy atom. The number of aliphatic hydroxyl groups excluding tert-OH is 2. The van der Waals surface area contributed by atoms with Crippen molar-refractivity contribution < 1.29 is 38.9 Å². The van der Waals surface area contributed by atoms with E-state index in [2.05, 4.69) is 42.2 Å². The molecule has 0 saturated heterocycles. The van der Waals surface area contributed by atoms with Gasteiger partial charge in [0.2, 0.25) is 11.7 Å². The van der Waals surface area contributed by atoms with Gasteiger partial charge in [0.25, 0.3) is 0 Å². The number of nitrogens with zero attached hydrogens (tertiary/aromatic N) is 2. The molecular formula is C46H57N3O8. The summed E-state index contributed by atoms with van der Waals surface area (Å²) in [7, 11) is 1.55. The standard InChI is InChI=1S/C46H57N3O8/c1-4-25-55-46-41(49(44(52)31-19-20-31)29-33-16-12-15-30-13-6-7-17-35(30)33)28-39(48-54-3)37-26-32(14-8-10-23-50)36(18-9-11-24-51)42(43(37)46)38-27-34(21-22-40(38)57-46)56-45(53)47-5-2/h4,6-7,12-13,15-17,21-22,26-27,31-32,36,41-43,50-51H,1,5,8-11,14,18-20,23-25,28-29H2,2-3H3,(H,47,53)/t32-,36+,41-,42+,43+,46+/m0/s1. The molecule has 3 N–H and O–H groups in total. The Hall–Kier alpha value is -4.71. The lowest BCUT2D eigenvalue weighted by molar-refractivity contribution is -0.258. The number of benzene rings is 3. The number of unbranched alkanes of at least 4 members (excludes halogenated alkanes) is 2. The van der Waals surface area contributed by atoms with Gasteiger partial charge in [0.1, 0.15) is 24.7 Å². The van der Waals surface area contributed by atoms with Gasteiger partial charge in [0.05, 0.1) is 18.2 Å². The van der Waals surface area contributed by atoms with E-state index in [4.69, 9.17) is 24.2 Å². The Labute approximate surface area is 335 Å². The highest BCUT2D eigenvalue weighted by Gasteiger charge is 2.66. The largest absolute Gasteiger partial charge is 0.459 e. The van der Waals surface area contributed by atoms with Gasteiger partial charge in [-0.15, -0.1) is 6.58 Å². The zero-order chi connectivity index (χ0) is 39.9. The molecule has 0 bridgehead atoms. The summed E-state index contributed by atoms with van der Waals surface area (Å²) in [6.07, 6.45) is 10.1. The molecule has 2 amide bonds. The molecule has 0 unspecified atom stereocenters. The summed E-state index contributed by atoms with van der Waals surface area (Å²) in [4.78, 5) is 35.1. The minimum absolute atomic E-state index is 0.0475. The van der Waals surface area contributed by atoms with Gasteiger partial charge in [-0.25, -0.2) is 4.79 Å². The smallest absolute Gasteiger partial charge is 0.412 e. The van der Waals surface area contributed by atoms with E-state index in [0.29, 0.717) is 43.9 Å². The first-order chi connectivity index (χ1) is 27.9. The fraction of sp³-hybridized carbons (Fsp3) is 0.500. The van der Waals surface area contributed by atoms with Crippen LogP contribution in [0.5, 0.6) is 11.5 Å². The lowest BCUT2D eigenvalue weighted by Gasteiger charge is -2.60. The van der Waals surface area contributed by atoms with Gasteiger partial charge in [-0.1, -0.05) is 72.6 Å². The number of aliphatic hydroxyl groups is 2. The van der Waals surface area contributed by atoms with Crippen LogP contribution in [-0.4, -0.2) is 78.1 Å². The van der Waals surface area contributed by atoms with Crippen molar-refractivity contribution in [1.82, 2.24) is 10.2 Å². The van der Waals surface area contributed by atoms with E-state index in [0.717, 1.165) is 71.7 Å². The van der Waals surface area contributed by atoms with E-state index >= 15 is 0 Å². The summed E-state index contributed by atoms with van der Waals surface area (Å²) in [5.74, 6) is -0.948. The number of amides is 2. The Kier molecular flexibility index (Phi) is 13.0. The summed E-state index contributed by atoms with van der Waals surface area (Å²) in [6, 6.07) is 19.4. The molecule has 0 spiro atoms. The van der Waals surface area contributed by atoms with Crippen molar-refractivity contribution in [2.75, 3.05) is 33.5 Å². The topological polar surface area (TPSA) is 139 Å². The minimum atomic E-state index is -1.37. The van der Waals surface area contributed by atoms with Gasteiger partial charge >= 0.3 is 6.09 Å². The van der Waals surface area contributed by atoms with Gasteiger partial charge in [-0.2, -0.15) is 0 Å². The Morgan fingerprint density at radius 1 is 1.04 bits per heavy atom. The average Bonchev–Trinajstić information content (AvgIpc) is 4.07. The van der Waals surface area contributed by atoms with Crippen molar-refractivity contribution in [1.29, 1.82) is 0 Å². The predicted octanol–water partition coefficient (Wildman–Crippen LogP) is 7.65. The molecule has 57 heavy (non-hydrogen) atoms. The second-order valence-electron chi connectivity index (χ2n) is 15.8. The maximum absolute atomic E-state index is 14.8. The number of carbonyl (C=O) groups is 2. The van der Waals surface area contributed by atoms with Crippen LogP contribution in [-0.2, 0) is 20.9 Å². The molecule has 3 aromatic rings. The zero-order valence-electron chi connectivity index (χ0n) is 33.2. The van der Waals surface area contributed by atoms with Gasteiger partial charge in [-0.05, 0) is 97.4 Å². The Balaban J connectivity index is 1.45. The molecule has 2 fully saturated rings. The quantitative estimate of drug-likeness (QED) is 0.0680. The number of nitrogens with one attached hydrogen (secondary N) is 1. The van der Waals surface area contributed by atoms with Crippen LogP contribution < -0.4 is 14.8 Å². The first-order valence-electron chi connectivity index (χ1n) is 20.7. The van der Waals surface area contributed by atoms with Crippen LogP contribution in [0.15, 0.2) is 90.1 Å². The molecule has 3 aromatic carbocycles. The average molecular weight is 780 g/mol. The van der Waals surface area contributed by atoms with Crippen LogP contribution in [0, 0.1) is 23.7 Å².